The summed E-state index contributed by atoms with van der Waals surface area (Å²) in [5, 5.41) is 19.9. The lowest BCUT2D eigenvalue weighted by Gasteiger charge is -2.22. The highest BCUT2D eigenvalue weighted by Crippen LogP contribution is 2.30. The molecule has 0 amide bonds. The number of hydrogen-bond acceptors (Lipinski definition) is 3. The summed E-state index contributed by atoms with van der Waals surface area (Å²) in [6.45, 7) is 0. The fourth-order valence-corrected chi connectivity index (χ4v) is 2.59. The highest BCUT2D eigenvalue weighted by molar-refractivity contribution is 6.36. The van der Waals surface area contributed by atoms with Crippen molar-refractivity contribution in [2.75, 3.05) is 0 Å². The van der Waals surface area contributed by atoms with Crippen molar-refractivity contribution in [2.45, 2.75) is 37.8 Å². The summed E-state index contributed by atoms with van der Waals surface area (Å²) < 4.78 is 0. The van der Waals surface area contributed by atoms with Gasteiger partial charge in [0.2, 0.25) is 0 Å². The molecule has 18 heavy (non-hydrogen) atoms. The Hall–Kier alpha value is -0.770. The molecule has 0 aliphatic heterocycles. The molecule has 1 saturated carbocycles. The molecule has 0 aromatic heterocycles. The number of aromatic hydroxyl groups is 1. The molecule has 5 heteroatoms. The number of phenolic OH excluding ortho intramolecular Hbond substituents is 1. The Morgan fingerprint density at radius 2 is 1.83 bits per heavy atom. The Balaban J connectivity index is 2.09. The number of aliphatic hydroxyl groups is 1. The molecule has 0 heterocycles. The lowest BCUT2D eigenvalue weighted by molar-refractivity contribution is 0.123. The molecule has 2 rings (SSSR count). The summed E-state index contributed by atoms with van der Waals surface area (Å²) in [7, 11) is 0. The van der Waals surface area contributed by atoms with E-state index < -0.39 is 0 Å². The SMILES string of the molecule is Oc1c(Cl)cc(Cl)cc1C=N[C@H]1CC[C@H](O)CC1. The quantitative estimate of drug-likeness (QED) is 0.819. The summed E-state index contributed by atoms with van der Waals surface area (Å²) in [6, 6.07) is 3.32. The van der Waals surface area contributed by atoms with E-state index in [1.807, 2.05) is 0 Å². The molecule has 1 aliphatic carbocycles. The van der Waals surface area contributed by atoms with Crippen molar-refractivity contribution in [3.8, 4) is 5.75 Å². The monoisotopic (exact) mass is 287 g/mol. The second kappa shape index (κ2) is 5.91. The molecule has 0 spiro atoms. The molecule has 0 bridgehead atoms. The van der Waals surface area contributed by atoms with Crippen LogP contribution in [0.2, 0.25) is 10.0 Å². The van der Waals surface area contributed by atoms with Crippen molar-refractivity contribution in [3.63, 3.8) is 0 Å². The Bertz CT molecular complexity index is 455. The molecule has 0 unspecified atom stereocenters. The predicted molar refractivity (Wildman–Crippen MR) is 74.0 cm³/mol. The van der Waals surface area contributed by atoms with Crippen molar-refractivity contribution in [2.24, 2.45) is 4.99 Å². The van der Waals surface area contributed by atoms with Crippen LogP contribution >= 0.6 is 23.2 Å². The number of aliphatic hydroxyl groups excluding tert-OH is 1. The molecule has 98 valence electrons. The molecule has 0 saturated heterocycles. The van der Waals surface area contributed by atoms with Crippen LogP contribution < -0.4 is 0 Å². The summed E-state index contributed by atoms with van der Waals surface area (Å²) in [5.74, 6) is 0.000612. The maximum atomic E-state index is 9.77. The zero-order chi connectivity index (χ0) is 13.1. The van der Waals surface area contributed by atoms with Gasteiger partial charge in [0, 0.05) is 16.8 Å². The normalized spacial score (nSPS) is 24.6. The molecule has 1 fully saturated rings. The van der Waals surface area contributed by atoms with Gasteiger partial charge in [-0.3, -0.25) is 4.99 Å². The Kier molecular flexibility index (Phi) is 4.49. The number of halogens is 2. The van der Waals surface area contributed by atoms with Crippen molar-refractivity contribution < 1.29 is 10.2 Å². The summed E-state index contributed by atoms with van der Waals surface area (Å²) in [5.41, 5.74) is 0.527. The maximum absolute atomic E-state index is 9.77. The maximum Gasteiger partial charge on any atom is 0.143 e. The smallest absolute Gasteiger partial charge is 0.143 e. The first-order valence-corrected chi connectivity index (χ1v) is 6.71. The number of phenols is 1. The predicted octanol–water partition coefficient (Wildman–Crippen LogP) is 3.42. The van der Waals surface area contributed by atoms with Crippen LogP contribution in [0.3, 0.4) is 0 Å². The molecule has 3 nitrogen and oxygen atoms in total. The van der Waals surface area contributed by atoms with E-state index in [0.717, 1.165) is 25.7 Å². The van der Waals surface area contributed by atoms with Crippen LogP contribution in [0.5, 0.6) is 5.75 Å². The molecule has 1 aliphatic rings. The van der Waals surface area contributed by atoms with Gasteiger partial charge in [-0.1, -0.05) is 23.2 Å². The summed E-state index contributed by atoms with van der Waals surface area (Å²) in [6.07, 6.45) is 4.72. The third-order valence-electron chi connectivity index (χ3n) is 3.15. The second-order valence-corrected chi connectivity index (χ2v) is 5.41. The molecule has 0 radical (unpaired) electrons. The van der Waals surface area contributed by atoms with Crippen LogP contribution in [0.15, 0.2) is 17.1 Å². The zero-order valence-corrected chi connectivity index (χ0v) is 11.3. The first-order valence-electron chi connectivity index (χ1n) is 5.95. The van der Waals surface area contributed by atoms with E-state index in [-0.39, 0.29) is 22.9 Å². The molecule has 0 atom stereocenters. The average molecular weight is 288 g/mol. The number of nitrogens with zero attached hydrogens (tertiary/aromatic N) is 1. The second-order valence-electron chi connectivity index (χ2n) is 4.57. The van der Waals surface area contributed by atoms with Crippen LogP contribution in [-0.2, 0) is 0 Å². The Morgan fingerprint density at radius 1 is 1.17 bits per heavy atom. The lowest BCUT2D eigenvalue weighted by atomic mass is 9.93. The van der Waals surface area contributed by atoms with E-state index in [9.17, 15) is 10.2 Å². The van der Waals surface area contributed by atoms with E-state index in [2.05, 4.69) is 4.99 Å². The zero-order valence-electron chi connectivity index (χ0n) is 9.81. The van der Waals surface area contributed by atoms with Gasteiger partial charge in [0.25, 0.3) is 0 Å². The molecule has 2 N–H and O–H groups in total. The third kappa shape index (κ3) is 3.37. The van der Waals surface area contributed by atoms with E-state index in [4.69, 9.17) is 23.2 Å². The van der Waals surface area contributed by atoms with Crippen molar-refractivity contribution in [3.05, 3.63) is 27.7 Å². The molecule has 1 aromatic rings. The topological polar surface area (TPSA) is 52.8 Å². The first kappa shape index (κ1) is 13.7. The standard InChI is InChI=1S/C13H15Cl2NO2/c14-9-5-8(13(18)12(15)6-9)7-16-10-1-3-11(17)4-2-10/h5-7,10-11,17-18H,1-4H2/t10-,11-. The van der Waals surface area contributed by atoms with Crippen molar-refractivity contribution >= 4 is 29.4 Å². The molecule has 1 aromatic carbocycles. The minimum atomic E-state index is -0.189. The van der Waals surface area contributed by atoms with Crippen LogP contribution in [-0.4, -0.2) is 28.6 Å². The van der Waals surface area contributed by atoms with Gasteiger partial charge in [-0.05, 0) is 37.8 Å². The van der Waals surface area contributed by atoms with E-state index in [0.29, 0.717) is 10.6 Å². The van der Waals surface area contributed by atoms with E-state index in [1.54, 1.807) is 12.3 Å². The fourth-order valence-electron chi connectivity index (χ4n) is 2.08. The summed E-state index contributed by atoms with van der Waals surface area (Å²) in [4.78, 5) is 4.42. The minimum Gasteiger partial charge on any atom is -0.506 e. The number of aliphatic imine (C=N–C) groups is 1. The van der Waals surface area contributed by atoms with Gasteiger partial charge in [0.1, 0.15) is 5.75 Å². The van der Waals surface area contributed by atoms with Crippen LogP contribution in [0, 0.1) is 0 Å². The fraction of sp³-hybridized carbons (Fsp3) is 0.462. The molecular formula is C13H15Cl2NO2. The van der Waals surface area contributed by atoms with Gasteiger partial charge >= 0.3 is 0 Å². The molecular weight excluding hydrogens is 273 g/mol. The van der Waals surface area contributed by atoms with Crippen LogP contribution in [0.1, 0.15) is 31.2 Å². The average Bonchev–Trinajstić information content (AvgIpc) is 2.34. The minimum absolute atomic E-state index is 0.000612. The van der Waals surface area contributed by atoms with Gasteiger partial charge in [0.15, 0.2) is 0 Å². The Morgan fingerprint density at radius 3 is 2.50 bits per heavy atom. The van der Waals surface area contributed by atoms with Gasteiger partial charge in [-0.25, -0.2) is 0 Å². The highest BCUT2D eigenvalue weighted by Gasteiger charge is 2.18. The van der Waals surface area contributed by atoms with Gasteiger partial charge in [0.05, 0.1) is 17.2 Å². The van der Waals surface area contributed by atoms with Gasteiger partial charge in [-0.2, -0.15) is 0 Å². The lowest BCUT2D eigenvalue weighted by Crippen LogP contribution is -2.20. The third-order valence-corrected chi connectivity index (χ3v) is 3.65. The van der Waals surface area contributed by atoms with Crippen LogP contribution in [0.4, 0.5) is 0 Å². The highest BCUT2D eigenvalue weighted by atomic mass is 35.5. The van der Waals surface area contributed by atoms with Gasteiger partial charge < -0.3 is 10.2 Å². The number of benzene rings is 1. The van der Waals surface area contributed by atoms with E-state index >= 15 is 0 Å². The largest absolute Gasteiger partial charge is 0.506 e. The van der Waals surface area contributed by atoms with Crippen molar-refractivity contribution in [1.82, 2.24) is 0 Å². The summed E-state index contributed by atoms with van der Waals surface area (Å²) >= 11 is 11.7. The first-order chi connectivity index (χ1) is 8.56. The van der Waals surface area contributed by atoms with Crippen molar-refractivity contribution in [1.29, 1.82) is 0 Å². The number of hydrogen-bond donors (Lipinski definition) is 2. The van der Waals surface area contributed by atoms with E-state index in [1.165, 1.54) is 6.07 Å². The van der Waals surface area contributed by atoms with Gasteiger partial charge in [-0.15, -0.1) is 0 Å². The van der Waals surface area contributed by atoms with Crippen LogP contribution in [0.25, 0.3) is 0 Å². The number of rotatable bonds is 2. The Labute approximate surface area is 116 Å².